The summed E-state index contributed by atoms with van der Waals surface area (Å²) in [6.45, 7) is 6.02. The molecule has 2 N–H and O–H groups in total. The van der Waals surface area contributed by atoms with Crippen molar-refractivity contribution in [1.29, 1.82) is 0 Å². The van der Waals surface area contributed by atoms with Crippen LogP contribution in [0.15, 0.2) is 23.2 Å². The summed E-state index contributed by atoms with van der Waals surface area (Å²) >= 11 is 0. The van der Waals surface area contributed by atoms with E-state index in [1.807, 2.05) is 32.0 Å². The third kappa shape index (κ3) is 2.36. The molecule has 0 spiro atoms. The van der Waals surface area contributed by atoms with E-state index in [0.717, 1.165) is 42.2 Å². The molecule has 0 unspecified atom stereocenters. The molecular weight excluding hydrogens is 306 g/mol. The number of hydrogen-bond acceptors (Lipinski definition) is 5. The van der Waals surface area contributed by atoms with Crippen LogP contribution in [0.5, 0.6) is 5.75 Å². The van der Waals surface area contributed by atoms with E-state index in [0.29, 0.717) is 13.0 Å². The molecule has 0 bridgehead atoms. The lowest BCUT2D eigenvalue weighted by atomic mass is 9.85. The van der Waals surface area contributed by atoms with Crippen LogP contribution in [-0.4, -0.2) is 53.1 Å². The van der Waals surface area contributed by atoms with Crippen molar-refractivity contribution >= 4 is 11.7 Å². The van der Waals surface area contributed by atoms with Crippen LogP contribution in [0.3, 0.4) is 0 Å². The molecule has 24 heavy (non-hydrogen) atoms. The lowest BCUT2D eigenvalue weighted by Gasteiger charge is -2.45. The second-order valence-corrected chi connectivity index (χ2v) is 7.20. The van der Waals surface area contributed by atoms with Gasteiger partial charge in [0.1, 0.15) is 23.3 Å². The molecule has 1 aromatic rings. The van der Waals surface area contributed by atoms with Crippen LogP contribution in [0.2, 0.25) is 0 Å². The summed E-state index contributed by atoms with van der Waals surface area (Å²) in [6.07, 6.45) is 0.612. The van der Waals surface area contributed by atoms with Gasteiger partial charge in [-0.15, -0.1) is 0 Å². The maximum atomic E-state index is 12.3. The Morgan fingerprint density at radius 1 is 1.42 bits per heavy atom. The quantitative estimate of drug-likeness (QED) is 0.856. The summed E-state index contributed by atoms with van der Waals surface area (Å²) in [7, 11) is 0. The van der Waals surface area contributed by atoms with Gasteiger partial charge in [-0.3, -0.25) is 9.79 Å². The highest BCUT2D eigenvalue weighted by Gasteiger charge is 2.47. The van der Waals surface area contributed by atoms with Crippen LogP contribution < -0.4 is 10.1 Å². The molecule has 0 saturated carbocycles. The molecule has 0 radical (unpaired) electrons. The SMILES string of the molecule is CC1(C)Oc2ccc(C3=NCCN3)cc2[C@@H](N2CCCC2=O)[C@@H]1O. The van der Waals surface area contributed by atoms with Crippen molar-refractivity contribution in [2.24, 2.45) is 4.99 Å². The predicted octanol–water partition coefficient (Wildman–Crippen LogP) is 1.23. The van der Waals surface area contributed by atoms with Gasteiger partial charge in [0.15, 0.2) is 0 Å². The van der Waals surface area contributed by atoms with Gasteiger partial charge in [0, 0.05) is 30.6 Å². The normalized spacial score (nSPS) is 28.2. The van der Waals surface area contributed by atoms with Crippen LogP contribution in [0.1, 0.15) is 43.9 Å². The Morgan fingerprint density at radius 3 is 2.92 bits per heavy atom. The lowest BCUT2D eigenvalue weighted by Crippen LogP contribution is -2.53. The first-order chi connectivity index (χ1) is 11.5. The Kier molecular flexibility index (Phi) is 3.53. The molecule has 0 aromatic heterocycles. The van der Waals surface area contributed by atoms with Crippen molar-refractivity contribution < 1.29 is 14.6 Å². The minimum Gasteiger partial charge on any atom is -0.485 e. The van der Waals surface area contributed by atoms with Gasteiger partial charge in [-0.2, -0.15) is 0 Å². The number of ether oxygens (including phenoxy) is 1. The second kappa shape index (κ2) is 5.48. The zero-order chi connectivity index (χ0) is 16.9. The fraction of sp³-hybridized carbons (Fsp3) is 0.556. The molecule has 1 saturated heterocycles. The summed E-state index contributed by atoms with van der Waals surface area (Å²) in [5, 5.41) is 14.2. The van der Waals surface area contributed by atoms with Crippen molar-refractivity contribution in [3.05, 3.63) is 29.3 Å². The Labute approximate surface area is 141 Å². The number of nitrogens with one attached hydrogen (secondary N) is 1. The number of fused-ring (bicyclic) bond motifs is 1. The monoisotopic (exact) mass is 329 g/mol. The number of carbonyl (C=O) groups is 1. The zero-order valence-corrected chi connectivity index (χ0v) is 14.1. The highest BCUT2D eigenvalue weighted by molar-refractivity contribution is 6.00. The van der Waals surface area contributed by atoms with Crippen molar-refractivity contribution in [2.75, 3.05) is 19.6 Å². The topological polar surface area (TPSA) is 74.2 Å². The number of rotatable bonds is 2. The number of aliphatic imine (C=N–C) groups is 1. The average Bonchev–Trinajstić information content (AvgIpc) is 3.20. The Bertz CT molecular complexity index is 713. The third-order valence-electron chi connectivity index (χ3n) is 5.11. The van der Waals surface area contributed by atoms with E-state index in [2.05, 4.69) is 10.3 Å². The number of benzene rings is 1. The van der Waals surface area contributed by atoms with E-state index in [-0.39, 0.29) is 11.9 Å². The molecule has 128 valence electrons. The van der Waals surface area contributed by atoms with E-state index < -0.39 is 11.7 Å². The Balaban J connectivity index is 1.80. The van der Waals surface area contributed by atoms with Crippen LogP contribution in [0.4, 0.5) is 0 Å². The first-order valence-electron chi connectivity index (χ1n) is 8.56. The maximum absolute atomic E-state index is 12.3. The van der Waals surface area contributed by atoms with E-state index in [1.54, 1.807) is 4.90 Å². The van der Waals surface area contributed by atoms with Gasteiger partial charge in [-0.05, 0) is 38.5 Å². The molecule has 0 aliphatic carbocycles. The van der Waals surface area contributed by atoms with E-state index in [9.17, 15) is 9.90 Å². The zero-order valence-electron chi connectivity index (χ0n) is 14.1. The van der Waals surface area contributed by atoms with Crippen LogP contribution >= 0.6 is 0 Å². The number of aliphatic hydroxyl groups is 1. The first kappa shape index (κ1) is 15.4. The minimum atomic E-state index is -0.777. The largest absolute Gasteiger partial charge is 0.485 e. The van der Waals surface area contributed by atoms with E-state index in [1.165, 1.54) is 0 Å². The van der Waals surface area contributed by atoms with Gasteiger partial charge in [0.05, 0.1) is 12.6 Å². The van der Waals surface area contributed by atoms with Gasteiger partial charge in [0.25, 0.3) is 0 Å². The highest BCUT2D eigenvalue weighted by atomic mass is 16.5. The number of likely N-dealkylation sites (tertiary alicyclic amines) is 1. The number of carbonyl (C=O) groups excluding carboxylic acids is 1. The molecule has 6 nitrogen and oxygen atoms in total. The molecule has 1 fully saturated rings. The molecular formula is C18H23N3O3. The summed E-state index contributed by atoms with van der Waals surface area (Å²) in [5.41, 5.74) is 1.09. The van der Waals surface area contributed by atoms with Crippen LogP contribution in [0.25, 0.3) is 0 Å². The molecule has 1 aromatic carbocycles. The van der Waals surface area contributed by atoms with Gasteiger partial charge in [-0.1, -0.05) is 0 Å². The number of amides is 1. The fourth-order valence-electron chi connectivity index (χ4n) is 3.81. The van der Waals surface area contributed by atoms with Crippen molar-refractivity contribution in [3.8, 4) is 5.75 Å². The summed E-state index contributed by atoms with van der Waals surface area (Å²) < 4.78 is 6.03. The lowest BCUT2D eigenvalue weighted by molar-refractivity contribution is -0.139. The standard InChI is InChI=1S/C18H23N3O3/c1-18(2)16(23)15(21-9-3-4-14(21)22)12-10-11(5-6-13(12)24-18)17-19-7-8-20-17/h5-6,10,15-16,23H,3-4,7-9H2,1-2H3,(H,19,20)/t15-,16+/m1/s1. The Morgan fingerprint density at radius 2 is 2.25 bits per heavy atom. The summed E-state index contributed by atoms with van der Waals surface area (Å²) in [4.78, 5) is 18.6. The van der Waals surface area contributed by atoms with Gasteiger partial charge in [-0.25, -0.2) is 0 Å². The Hall–Kier alpha value is -2.08. The molecule has 3 aliphatic heterocycles. The predicted molar refractivity (Wildman–Crippen MR) is 90.3 cm³/mol. The molecule has 4 rings (SSSR count). The van der Waals surface area contributed by atoms with Gasteiger partial charge >= 0.3 is 0 Å². The summed E-state index contributed by atoms with van der Waals surface area (Å²) in [6, 6.07) is 5.53. The smallest absolute Gasteiger partial charge is 0.223 e. The second-order valence-electron chi connectivity index (χ2n) is 7.20. The van der Waals surface area contributed by atoms with Crippen molar-refractivity contribution in [2.45, 2.75) is 44.4 Å². The molecule has 6 heteroatoms. The van der Waals surface area contributed by atoms with Crippen molar-refractivity contribution in [1.82, 2.24) is 10.2 Å². The summed E-state index contributed by atoms with van der Waals surface area (Å²) in [5.74, 6) is 1.70. The fourth-order valence-corrected chi connectivity index (χ4v) is 3.81. The number of aliphatic hydroxyl groups excluding tert-OH is 1. The number of nitrogens with zero attached hydrogens (tertiary/aromatic N) is 2. The number of amidine groups is 1. The van der Waals surface area contributed by atoms with Crippen LogP contribution in [-0.2, 0) is 4.79 Å². The maximum Gasteiger partial charge on any atom is 0.223 e. The average molecular weight is 329 g/mol. The minimum absolute atomic E-state index is 0.101. The molecule has 3 aliphatic rings. The molecule has 2 atom stereocenters. The first-order valence-corrected chi connectivity index (χ1v) is 8.56. The van der Waals surface area contributed by atoms with Crippen molar-refractivity contribution in [3.63, 3.8) is 0 Å². The van der Waals surface area contributed by atoms with Gasteiger partial charge in [0.2, 0.25) is 5.91 Å². The highest BCUT2D eigenvalue weighted by Crippen LogP contribution is 2.44. The molecule has 3 heterocycles. The molecule has 1 amide bonds. The van der Waals surface area contributed by atoms with E-state index in [4.69, 9.17) is 4.74 Å². The third-order valence-corrected chi connectivity index (χ3v) is 5.11. The van der Waals surface area contributed by atoms with Crippen LogP contribution in [0, 0.1) is 0 Å². The number of hydrogen-bond donors (Lipinski definition) is 2. The van der Waals surface area contributed by atoms with Gasteiger partial charge < -0.3 is 20.1 Å². The van der Waals surface area contributed by atoms with E-state index >= 15 is 0 Å².